The van der Waals surface area contributed by atoms with E-state index >= 15 is 0 Å². The fourth-order valence-electron chi connectivity index (χ4n) is 7.43. The number of pyridine rings is 1. The maximum atomic E-state index is 14.4. The number of nitrogens with zero attached hydrogens (tertiary/aromatic N) is 2. The minimum Gasteiger partial charge on any atom is -0.494 e. The fourth-order valence-corrected chi connectivity index (χ4v) is 8.79. The number of aromatic nitrogens is 1. The first-order valence-electron chi connectivity index (χ1n) is 17.4. The van der Waals surface area contributed by atoms with Crippen LogP contribution in [0.1, 0.15) is 65.2 Å². The van der Waals surface area contributed by atoms with E-state index < -0.39 is 80.5 Å². The van der Waals surface area contributed by atoms with Crippen LogP contribution in [0, 0.1) is 23.6 Å². The van der Waals surface area contributed by atoms with Gasteiger partial charge >= 0.3 is 6.09 Å². The largest absolute Gasteiger partial charge is 0.494 e. The zero-order chi connectivity index (χ0) is 36.7. The highest BCUT2D eigenvalue weighted by atomic mass is 32.2. The van der Waals surface area contributed by atoms with Gasteiger partial charge in [-0.05, 0) is 68.6 Å². The van der Waals surface area contributed by atoms with Crippen LogP contribution in [0.15, 0.2) is 36.5 Å². The Morgan fingerprint density at radius 2 is 1.94 bits per heavy atom. The smallest absolute Gasteiger partial charge is 0.405 e. The van der Waals surface area contributed by atoms with Gasteiger partial charge in [-0.15, -0.1) is 0 Å². The normalized spacial score (nSPS) is 30.5. The summed E-state index contributed by atoms with van der Waals surface area (Å²) in [6.07, 6.45) is 6.26. The molecule has 0 unspecified atom stereocenters. The zero-order valence-electron chi connectivity index (χ0n) is 28.8. The van der Waals surface area contributed by atoms with Gasteiger partial charge in [0, 0.05) is 17.7 Å². The first kappa shape index (κ1) is 36.3. The molecule has 14 nitrogen and oxygen atoms in total. The number of carbonyl (C=O) groups excluding carboxylic acids is 3. The summed E-state index contributed by atoms with van der Waals surface area (Å²) in [6, 6.07) is 1.62. The average molecular weight is 730 g/mol. The van der Waals surface area contributed by atoms with Crippen LogP contribution in [-0.2, 0) is 24.4 Å². The zero-order valence-corrected chi connectivity index (χ0v) is 29.6. The van der Waals surface area contributed by atoms with Crippen molar-refractivity contribution in [3.63, 3.8) is 0 Å². The quantitative estimate of drug-likeness (QED) is 0.293. The molecule has 4 aliphatic rings. The van der Waals surface area contributed by atoms with Crippen LogP contribution in [0.4, 0.5) is 9.18 Å². The predicted octanol–water partition coefficient (Wildman–Crippen LogP) is 3.25. The molecule has 2 saturated carbocycles. The Balaban J connectivity index is 1.36. The van der Waals surface area contributed by atoms with E-state index in [2.05, 4.69) is 20.3 Å². The molecule has 0 bridgehead atoms. The van der Waals surface area contributed by atoms with E-state index in [9.17, 15) is 37.1 Å². The van der Waals surface area contributed by atoms with E-state index in [0.29, 0.717) is 48.6 Å². The highest BCUT2D eigenvalue weighted by Crippen LogP contribution is 2.46. The molecule has 3 fully saturated rings. The molecule has 0 radical (unpaired) electrons. The average Bonchev–Trinajstić information content (AvgIpc) is 4.01. The number of carboxylic acid groups (broad SMARTS) is 1. The number of rotatable bonds is 8. The predicted molar refractivity (Wildman–Crippen MR) is 183 cm³/mol. The van der Waals surface area contributed by atoms with Crippen LogP contribution in [0.5, 0.6) is 11.6 Å². The number of carbonyl (C=O) groups is 4. The first-order chi connectivity index (χ1) is 24.3. The van der Waals surface area contributed by atoms with E-state index in [-0.39, 0.29) is 31.2 Å². The lowest BCUT2D eigenvalue weighted by Gasteiger charge is -2.33. The van der Waals surface area contributed by atoms with Crippen LogP contribution >= 0.6 is 0 Å². The third-order valence-electron chi connectivity index (χ3n) is 10.5. The molecule has 4 amide bonds. The molecule has 2 aliphatic heterocycles. The van der Waals surface area contributed by atoms with Crippen LogP contribution in [0.25, 0.3) is 10.8 Å². The van der Waals surface area contributed by atoms with Crippen LogP contribution in [0.3, 0.4) is 0 Å². The molecule has 276 valence electrons. The molecule has 1 aromatic carbocycles. The number of allylic oxidation sites excluding steroid dienone is 1. The number of methoxy groups -OCH3 is 1. The summed E-state index contributed by atoms with van der Waals surface area (Å²) in [5.74, 6) is -3.08. The summed E-state index contributed by atoms with van der Waals surface area (Å²) in [5.41, 5.74) is -1.56. The molecule has 51 heavy (non-hydrogen) atoms. The van der Waals surface area contributed by atoms with Crippen molar-refractivity contribution in [3.05, 3.63) is 42.4 Å². The molecule has 16 heteroatoms. The Morgan fingerprint density at radius 3 is 2.63 bits per heavy atom. The van der Waals surface area contributed by atoms with Gasteiger partial charge in [0.05, 0.1) is 30.5 Å². The van der Waals surface area contributed by atoms with Gasteiger partial charge in [-0.3, -0.25) is 19.1 Å². The van der Waals surface area contributed by atoms with Gasteiger partial charge in [-0.1, -0.05) is 32.4 Å². The van der Waals surface area contributed by atoms with E-state index in [1.807, 2.05) is 26.0 Å². The van der Waals surface area contributed by atoms with Crippen molar-refractivity contribution in [2.75, 3.05) is 13.7 Å². The second kappa shape index (κ2) is 14.3. The second-order valence-corrected chi connectivity index (χ2v) is 16.2. The molecule has 0 spiro atoms. The summed E-state index contributed by atoms with van der Waals surface area (Å²) < 4.78 is 53.8. The van der Waals surface area contributed by atoms with Crippen LogP contribution < -0.4 is 24.8 Å². The monoisotopic (exact) mass is 729 g/mol. The Hall–Kier alpha value is -4.47. The molecule has 3 heterocycles. The van der Waals surface area contributed by atoms with Gasteiger partial charge < -0.3 is 30.1 Å². The lowest BCUT2D eigenvalue weighted by Crippen LogP contribution is -2.59. The summed E-state index contributed by atoms with van der Waals surface area (Å²) >= 11 is 0. The summed E-state index contributed by atoms with van der Waals surface area (Å²) in [4.78, 5) is 60.0. The maximum Gasteiger partial charge on any atom is 0.405 e. The summed E-state index contributed by atoms with van der Waals surface area (Å²) in [7, 11) is -2.48. The standard InChI is InChI=1S/C35H44FN5O9S/c1-4-20-13-19(2)7-5-6-8-21-16-35(21,33(44)40-51(47,48)24-10-11-24)39-30(42)27-15-23(18-41(27)32(43)29(20)38-34(45)46)50-31-26-14-22(36)9-12-25(26)28(49-3)17-37-31/h6,8-9,12,14,17,19-21,23-24,27,29,38H,4-5,7,10-11,13,15-16,18H2,1-3H3,(H,39,42)(H,40,44)(H,45,46)/b8-6-/t19-,20-,21-,23-,27+,29+,35-/m1/s1. The minimum absolute atomic E-state index is 0.0416. The van der Waals surface area contributed by atoms with E-state index in [1.54, 1.807) is 0 Å². The number of hydrogen-bond acceptors (Lipinski definition) is 9. The van der Waals surface area contributed by atoms with E-state index in [1.165, 1.54) is 36.4 Å². The Bertz CT molecular complexity index is 1850. The van der Waals surface area contributed by atoms with Crippen molar-refractivity contribution in [1.82, 2.24) is 25.2 Å². The highest BCUT2D eigenvalue weighted by Gasteiger charge is 2.62. The Labute approximate surface area is 295 Å². The molecule has 1 saturated heterocycles. The van der Waals surface area contributed by atoms with Crippen molar-refractivity contribution in [3.8, 4) is 11.6 Å². The molecule has 6 rings (SSSR count). The van der Waals surface area contributed by atoms with Gasteiger partial charge in [0.25, 0.3) is 5.91 Å². The Morgan fingerprint density at radius 1 is 1.18 bits per heavy atom. The number of amides is 4. The van der Waals surface area contributed by atoms with Gasteiger partial charge in [0.2, 0.25) is 27.7 Å². The minimum atomic E-state index is -3.93. The van der Waals surface area contributed by atoms with E-state index in [4.69, 9.17) is 9.47 Å². The topological polar surface area (TPSA) is 193 Å². The molecular formula is C35H44FN5O9S. The first-order valence-corrected chi connectivity index (χ1v) is 18.9. The lowest BCUT2D eigenvalue weighted by molar-refractivity contribution is -0.142. The molecule has 7 atom stereocenters. The second-order valence-electron chi connectivity index (χ2n) is 14.2. The Kier molecular flexibility index (Phi) is 10.2. The third kappa shape index (κ3) is 7.60. The number of hydrogen-bond donors (Lipinski definition) is 4. The highest BCUT2D eigenvalue weighted by molar-refractivity contribution is 7.91. The maximum absolute atomic E-state index is 14.4. The number of benzene rings is 1. The molecule has 4 N–H and O–H groups in total. The molecule has 1 aromatic heterocycles. The summed E-state index contributed by atoms with van der Waals surface area (Å²) in [6.45, 7) is 3.75. The molecule has 2 aromatic rings. The number of fused-ring (bicyclic) bond motifs is 3. The third-order valence-corrected chi connectivity index (χ3v) is 12.3. The van der Waals surface area contributed by atoms with Crippen molar-refractivity contribution < 1.29 is 46.6 Å². The van der Waals surface area contributed by atoms with Gasteiger partial charge in [0.15, 0.2) is 0 Å². The molecule has 2 aliphatic carbocycles. The lowest BCUT2D eigenvalue weighted by atomic mass is 9.85. The number of ether oxygens (including phenoxy) is 2. The van der Waals surface area contributed by atoms with Gasteiger partial charge in [-0.2, -0.15) is 0 Å². The number of sulfonamides is 1. The van der Waals surface area contributed by atoms with Crippen molar-refractivity contribution in [1.29, 1.82) is 0 Å². The van der Waals surface area contributed by atoms with Crippen molar-refractivity contribution in [2.24, 2.45) is 17.8 Å². The SMILES string of the molecule is CC[C@@H]1C[C@H](C)CC/C=C\[C@@H]2C[C@@]2(C(=O)NS(=O)(=O)C2CC2)NC(=O)[C@@H]2C[C@@H](Oc3ncc(OC)c4ccc(F)cc34)CN2C(=O)[C@H]1NC(=O)O. The van der Waals surface area contributed by atoms with E-state index in [0.717, 1.165) is 6.42 Å². The fraction of sp³-hybridized carbons (Fsp3) is 0.571. The van der Waals surface area contributed by atoms with Crippen LogP contribution in [0.2, 0.25) is 0 Å². The number of nitrogens with one attached hydrogen (secondary N) is 3. The van der Waals surface area contributed by atoms with Gasteiger partial charge in [0.1, 0.15) is 35.3 Å². The van der Waals surface area contributed by atoms with Crippen molar-refractivity contribution >= 4 is 44.6 Å². The summed E-state index contributed by atoms with van der Waals surface area (Å²) in [5, 5.41) is 15.2. The van der Waals surface area contributed by atoms with Crippen LogP contribution in [-0.4, -0.2) is 89.9 Å². The van der Waals surface area contributed by atoms with Gasteiger partial charge in [-0.25, -0.2) is 22.6 Å². The molecular weight excluding hydrogens is 685 g/mol. The number of halogens is 1. The van der Waals surface area contributed by atoms with Crippen molar-refractivity contribution in [2.45, 2.75) is 94.2 Å².